The lowest BCUT2D eigenvalue weighted by Gasteiger charge is -2.08. The molecule has 0 fully saturated rings. The smallest absolute Gasteiger partial charge is 0.224 e. The van der Waals surface area contributed by atoms with E-state index in [1.165, 1.54) is 0 Å². The molecule has 0 aliphatic carbocycles. The fourth-order valence-corrected chi connectivity index (χ4v) is 2.10. The number of nitriles is 1. The van der Waals surface area contributed by atoms with Crippen molar-refractivity contribution in [3.05, 3.63) is 58.6 Å². The molecule has 0 aromatic heterocycles. The van der Waals surface area contributed by atoms with Crippen molar-refractivity contribution in [2.45, 2.75) is 19.8 Å². The molecule has 0 unspecified atom stereocenters. The maximum atomic E-state index is 11.8. The molecular weight excluding hydrogens is 312 g/mol. The van der Waals surface area contributed by atoms with Crippen LogP contribution in [0.5, 0.6) is 5.75 Å². The minimum absolute atomic E-state index is 0.0782. The number of benzene rings is 2. The van der Waals surface area contributed by atoms with Gasteiger partial charge in [0, 0.05) is 17.1 Å². The van der Waals surface area contributed by atoms with Crippen LogP contribution in [0, 0.1) is 18.3 Å². The van der Waals surface area contributed by atoms with Crippen LogP contribution in [0.4, 0.5) is 5.69 Å². The summed E-state index contributed by atoms with van der Waals surface area (Å²) in [7, 11) is 0. The number of anilines is 1. The van der Waals surface area contributed by atoms with Gasteiger partial charge in [-0.1, -0.05) is 11.6 Å². The minimum atomic E-state index is -0.0782. The van der Waals surface area contributed by atoms with Crippen LogP contribution < -0.4 is 10.1 Å². The first-order valence-electron chi connectivity index (χ1n) is 7.27. The summed E-state index contributed by atoms with van der Waals surface area (Å²) < 4.78 is 5.60. The summed E-state index contributed by atoms with van der Waals surface area (Å²) in [6.07, 6.45) is 0.982. The van der Waals surface area contributed by atoms with Crippen molar-refractivity contribution in [2.24, 2.45) is 0 Å². The fourth-order valence-electron chi connectivity index (χ4n) is 1.98. The van der Waals surface area contributed by atoms with E-state index in [4.69, 9.17) is 21.6 Å². The summed E-state index contributed by atoms with van der Waals surface area (Å²) in [5, 5.41) is 12.2. The van der Waals surface area contributed by atoms with E-state index in [0.29, 0.717) is 35.7 Å². The molecule has 118 valence electrons. The Labute approximate surface area is 140 Å². The Balaban J connectivity index is 1.72. The number of rotatable bonds is 6. The number of nitrogens with one attached hydrogen (secondary N) is 1. The van der Waals surface area contributed by atoms with Gasteiger partial charge in [-0.25, -0.2) is 0 Å². The molecule has 0 bridgehead atoms. The third-order valence-corrected chi connectivity index (χ3v) is 3.67. The van der Waals surface area contributed by atoms with Gasteiger partial charge in [0.2, 0.25) is 5.91 Å². The highest BCUT2D eigenvalue weighted by atomic mass is 35.5. The van der Waals surface area contributed by atoms with Crippen molar-refractivity contribution in [1.82, 2.24) is 0 Å². The van der Waals surface area contributed by atoms with Crippen LogP contribution in [0.1, 0.15) is 24.0 Å². The van der Waals surface area contributed by atoms with Gasteiger partial charge in [0.1, 0.15) is 5.75 Å². The van der Waals surface area contributed by atoms with E-state index in [1.807, 2.05) is 25.1 Å². The number of hydrogen-bond acceptors (Lipinski definition) is 3. The molecule has 0 aliphatic rings. The molecule has 0 radical (unpaired) electrons. The van der Waals surface area contributed by atoms with E-state index in [1.54, 1.807) is 30.3 Å². The number of nitrogens with zero attached hydrogens (tertiary/aromatic N) is 1. The van der Waals surface area contributed by atoms with E-state index < -0.39 is 0 Å². The highest BCUT2D eigenvalue weighted by molar-refractivity contribution is 6.31. The molecule has 0 saturated heterocycles. The van der Waals surface area contributed by atoms with Gasteiger partial charge < -0.3 is 10.1 Å². The standard InChI is InChI=1S/C18H17ClN2O2/c1-13-11-16(8-9-17(13)19)23-10-2-3-18(22)21-15-6-4-14(12-20)5-7-15/h4-9,11H,2-3,10H2,1H3,(H,21,22). The molecule has 1 N–H and O–H groups in total. The summed E-state index contributed by atoms with van der Waals surface area (Å²) in [6.45, 7) is 2.38. The van der Waals surface area contributed by atoms with Gasteiger partial charge in [-0.2, -0.15) is 5.26 Å². The summed E-state index contributed by atoms with van der Waals surface area (Å²) in [4.78, 5) is 11.8. The Bertz CT molecular complexity index is 721. The molecule has 0 heterocycles. The number of ether oxygens (including phenoxy) is 1. The normalized spacial score (nSPS) is 9.96. The maximum absolute atomic E-state index is 11.8. The van der Waals surface area contributed by atoms with Crippen LogP contribution in [0.15, 0.2) is 42.5 Å². The van der Waals surface area contributed by atoms with Gasteiger partial charge >= 0.3 is 0 Å². The predicted octanol–water partition coefficient (Wildman–Crippen LogP) is 4.32. The average Bonchev–Trinajstić information content (AvgIpc) is 2.55. The molecule has 4 nitrogen and oxygen atoms in total. The van der Waals surface area contributed by atoms with Gasteiger partial charge in [0.05, 0.1) is 18.2 Å². The molecule has 5 heteroatoms. The lowest BCUT2D eigenvalue weighted by molar-refractivity contribution is -0.116. The monoisotopic (exact) mass is 328 g/mol. The van der Waals surface area contributed by atoms with Gasteiger partial charge in [0.25, 0.3) is 0 Å². The van der Waals surface area contributed by atoms with E-state index in [0.717, 1.165) is 11.3 Å². The molecule has 2 aromatic carbocycles. The number of hydrogen-bond donors (Lipinski definition) is 1. The van der Waals surface area contributed by atoms with Crippen molar-refractivity contribution in [2.75, 3.05) is 11.9 Å². The zero-order valence-corrected chi connectivity index (χ0v) is 13.6. The lowest BCUT2D eigenvalue weighted by atomic mass is 10.2. The first kappa shape index (κ1) is 16.9. The van der Waals surface area contributed by atoms with Crippen LogP contribution in [0.25, 0.3) is 0 Å². The molecule has 23 heavy (non-hydrogen) atoms. The number of halogens is 1. The lowest BCUT2D eigenvalue weighted by Crippen LogP contribution is -2.12. The average molecular weight is 329 g/mol. The number of carbonyl (C=O) groups is 1. The largest absolute Gasteiger partial charge is 0.494 e. The van der Waals surface area contributed by atoms with Crippen LogP contribution in [0.3, 0.4) is 0 Å². The molecule has 0 atom stereocenters. The van der Waals surface area contributed by atoms with E-state index in [2.05, 4.69) is 5.32 Å². The van der Waals surface area contributed by atoms with E-state index in [-0.39, 0.29) is 5.91 Å². The quantitative estimate of drug-likeness (QED) is 0.803. The molecule has 0 saturated carbocycles. The number of amides is 1. The second kappa shape index (κ2) is 8.21. The van der Waals surface area contributed by atoms with Gasteiger partial charge in [-0.05, 0) is 61.4 Å². The molecule has 1 amide bonds. The second-order valence-corrected chi connectivity index (χ2v) is 5.51. The minimum Gasteiger partial charge on any atom is -0.494 e. The Morgan fingerprint density at radius 1 is 1.26 bits per heavy atom. The first-order valence-corrected chi connectivity index (χ1v) is 7.65. The summed E-state index contributed by atoms with van der Waals surface area (Å²) in [6, 6.07) is 14.3. The Morgan fingerprint density at radius 3 is 2.65 bits per heavy atom. The van der Waals surface area contributed by atoms with Crippen LogP contribution in [-0.4, -0.2) is 12.5 Å². The second-order valence-electron chi connectivity index (χ2n) is 5.10. The van der Waals surface area contributed by atoms with E-state index in [9.17, 15) is 4.79 Å². The third kappa shape index (κ3) is 5.32. The molecule has 0 spiro atoms. The SMILES string of the molecule is Cc1cc(OCCCC(=O)Nc2ccc(C#N)cc2)ccc1Cl. The van der Waals surface area contributed by atoms with Crippen molar-refractivity contribution in [1.29, 1.82) is 5.26 Å². The highest BCUT2D eigenvalue weighted by Crippen LogP contribution is 2.21. The fraction of sp³-hybridized carbons (Fsp3) is 0.222. The summed E-state index contributed by atoms with van der Waals surface area (Å²) >= 11 is 5.95. The number of carbonyl (C=O) groups excluding carboxylic acids is 1. The molecular formula is C18H17ClN2O2. The maximum Gasteiger partial charge on any atom is 0.224 e. The van der Waals surface area contributed by atoms with Gasteiger partial charge in [-0.15, -0.1) is 0 Å². The van der Waals surface area contributed by atoms with Crippen molar-refractivity contribution < 1.29 is 9.53 Å². The molecule has 0 aliphatic heterocycles. The zero-order chi connectivity index (χ0) is 16.7. The Morgan fingerprint density at radius 2 is 2.00 bits per heavy atom. The Kier molecular flexibility index (Phi) is 6.02. The predicted molar refractivity (Wildman–Crippen MR) is 90.7 cm³/mol. The third-order valence-electron chi connectivity index (χ3n) is 3.24. The number of aryl methyl sites for hydroxylation is 1. The van der Waals surface area contributed by atoms with Crippen LogP contribution in [-0.2, 0) is 4.79 Å². The van der Waals surface area contributed by atoms with E-state index >= 15 is 0 Å². The van der Waals surface area contributed by atoms with Crippen molar-refractivity contribution >= 4 is 23.2 Å². The topological polar surface area (TPSA) is 62.1 Å². The van der Waals surface area contributed by atoms with Crippen LogP contribution >= 0.6 is 11.6 Å². The van der Waals surface area contributed by atoms with Gasteiger partial charge in [-0.3, -0.25) is 4.79 Å². The Hall–Kier alpha value is -2.51. The summed E-state index contributed by atoms with van der Waals surface area (Å²) in [5.41, 5.74) is 2.21. The highest BCUT2D eigenvalue weighted by Gasteiger charge is 2.04. The summed E-state index contributed by atoms with van der Waals surface area (Å²) in [5.74, 6) is 0.671. The van der Waals surface area contributed by atoms with Crippen molar-refractivity contribution in [3.8, 4) is 11.8 Å². The molecule has 2 rings (SSSR count). The van der Waals surface area contributed by atoms with Gasteiger partial charge in [0.15, 0.2) is 0 Å². The van der Waals surface area contributed by atoms with Crippen molar-refractivity contribution in [3.63, 3.8) is 0 Å². The first-order chi connectivity index (χ1) is 11.1. The zero-order valence-electron chi connectivity index (χ0n) is 12.8. The van der Waals surface area contributed by atoms with Crippen LogP contribution in [0.2, 0.25) is 5.02 Å². The molecule has 2 aromatic rings.